The summed E-state index contributed by atoms with van der Waals surface area (Å²) in [4.78, 5) is 71.7. The highest BCUT2D eigenvalue weighted by Gasteiger charge is 2.35. The Morgan fingerprint density at radius 3 is 2.03 bits per heavy atom. The molecule has 9 N–H and O–H groups in total. The van der Waals surface area contributed by atoms with Crippen LogP contribution in [-0.4, -0.2) is 69.4 Å². The quantitative estimate of drug-likeness (QED) is 0.148. The van der Waals surface area contributed by atoms with Gasteiger partial charge in [0.2, 0.25) is 23.6 Å². The van der Waals surface area contributed by atoms with Gasteiger partial charge in [0.1, 0.15) is 17.6 Å². The van der Waals surface area contributed by atoms with Crippen LogP contribution in [0.2, 0.25) is 0 Å². The summed E-state index contributed by atoms with van der Waals surface area (Å²) < 4.78 is 0. The highest BCUT2D eigenvalue weighted by Crippen LogP contribution is 2.09. The Morgan fingerprint density at radius 1 is 0.889 bits per heavy atom. The third-order valence-electron chi connectivity index (χ3n) is 5.21. The lowest BCUT2D eigenvalue weighted by atomic mass is 10.0. The first-order valence-corrected chi connectivity index (χ1v) is 11.2. The molecule has 0 aliphatic rings. The molecule has 1 aromatic rings. The van der Waals surface area contributed by atoms with Crippen molar-refractivity contribution in [3.8, 4) is 0 Å². The molecule has 1 rings (SSSR count). The number of rotatable bonds is 15. The first kappa shape index (κ1) is 30.0. The summed E-state index contributed by atoms with van der Waals surface area (Å²) in [6.45, 7) is 2.67. The zero-order valence-electron chi connectivity index (χ0n) is 20.2. The predicted octanol–water partition coefficient (Wildman–Crippen LogP) is -1.36. The van der Waals surface area contributed by atoms with E-state index in [2.05, 4.69) is 16.0 Å². The van der Waals surface area contributed by atoms with Crippen molar-refractivity contribution in [2.75, 3.05) is 0 Å². The minimum absolute atomic E-state index is 0.0355. The van der Waals surface area contributed by atoms with E-state index < -0.39 is 65.7 Å². The van der Waals surface area contributed by atoms with E-state index in [-0.39, 0.29) is 25.7 Å². The maximum Gasteiger partial charge on any atom is 0.326 e. The van der Waals surface area contributed by atoms with Gasteiger partial charge < -0.3 is 37.6 Å². The van der Waals surface area contributed by atoms with E-state index in [0.717, 1.165) is 0 Å². The maximum atomic E-state index is 12.9. The second kappa shape index (κ2) is 13.8. The van der Waals surface area contributed by atoms with Crippen LogP contribution < -0.4 is 27.4 Å². The SMILES string of the molecule is CC(C)(NC(=O)[C@@H](N)CCC(N)=O)C(=O)N[C@@H](CCC(=O)O)C(=O)N[C@@H](Cc1ccccc1)C(=O)O. The number of aliphatic carboxylic acids is 2. The topological polar surface area (TPSA) is 231 Å². The molecule has 0 saturated carbocycles. The monoisotopic (exact) mass is 507 g/mol. The zero-order valence-corrected chi connectivity index (χ0v) is 20.2. The van der Waals surface area contributed by atoms with Gasteiger partial charge in [-0.3, -0.25) is 24.0 Å². The van der Waals surface area contributed by atoms with Gasteiger partial charge in [0.15, 0.2) is 0 Å². The van der Waals surface area contributed by atoms with Crippen LogP contribution in [0.1, 0.15) is 45.1 Å². The van der Waals surface area contributed by atoms with Gasteiger partial charge in [-0.05, 0) is 32.3 Å². The molecule has 198 valence electrons. The van der Waals surface area contributed by atoms with E-state index >= 15 is 0 Å². The zero-order chi connectivity index (χ0) is 27.5. The number of benzene rings is 1. The minimum Gasteiger partial charge on any atom is -0.481 e. The van der Waals surface area contributed by atoms with Crippen molar-refractivity contribution in [3.63, 3.8) is 0 Å². The van der Waals surface area contributed by atoms with Gasteiger partial charge in [0.05, 0.1) is 6.04 Å². The van der Waals surface area contributed by atoms with E-state index in [0.29, 0.717) is 5.56 Å². The van der Waals surface area contributed by atoms with Gasteiger partial charge in [-0.25, -0.2) is 4.79 Å². The van der Waals surface area contributed by atoms with E-state index in [4.69, 9.17) is 16.6 Å². The number of amides is 4. The molecule has 0 heterocycles. The lowest BCUT2D eigenvalue weighted by Gasteiger charge is -2.29. The normalized spacial score (nSPS) is 13.5. The average Bonchev–Trinajstić information content (AvgIpc) is 2.79. The van der Waals surface area contributed by atoms with E-state index in [1.54, 1.807) is 30.3 Å². The molecule has 0 bridgehead atoms. The van der Waals surface area contributed by atoms with Crippen LogP contribution in [0.3, 0.4) is 0 Å². The Labute approximate surface area is 208 Å². The number of hydrogen-bond donors (Lipinski definition) is 7. The fourth-order valence-electron chi connectivity index (χ4n) is 3.08. The molecular formula is C23H33N5O8. The Balaban J connectivity index is 2.93. The van der Waals surface area contributed by atoms with Crippen LogP contribution >= 0.6 is 0 Å². The average molecular weight is 508 g/mol. The molecule has 0 spiro atoms. The van der Waals surface area contributed by atoms with Crippen LogP contribution in [0, 0.1) is 0 Å². The number of nitrogens with two attached hydrogens (primary N) is 2. The molecule has 3 atom stereocenters. The van der Waals surface area contributed by atoms with E-state index in [9.17, 15) is 33.9 Å². The lowest BCUT2D eigenvalue weighted by molar-refractivity contribution is -0.143. The third-order valence-corrected chi connectivity index (χ3v) is 5.21. The first-order chi connectivity index (χ1) is 16.7. The number of nitrogens with one attached hydrogen (secondary N) is 3. The van der Waals surface area contributed by atoms with E-state index in [1.807, 2.05) is 0 Å². The molecule has 0 aromatic heterocycles. The summed E-state index contributed by atoms with van der Waals surface area (Å²) in [5.41, 5.74) is 9.81. The number of carbonyl (C=O) groups excluding carboxylic acids is 4. The van der Waals surface area contributed by atoms with Crippen LogP contribution in [0.5, 0.6) is 0 Å². The number of primary amides is 1. The molecule has 13 nitrogen and oxygen atoms in total. The Bertz CT molecular complexity index is 967. The predicted molar refractivity (Wildman–Crippen MR) is 127 cm³/mol. The van der Waals surface area contributed by atoms with Crippen LogP contribution in [-0.2, 0) is 35.2 Å². The van der Waals surface area contributed by atoms with Gasteiger partial charge in [-0.2, -0.15) is 0 Å². The molecule has 0 aliphatic carbocycles. The summed E-state index contributed by atoms with van der Waals surface area (Å²) in [7, 11) is 0. The summed E-state index contributed by atoms with van der Waals surface area (Å²) >= 11 is 0. The van der Waals surface area contributed by atoms with Crippen molar-refractivity contribution >= 4 is 35.6 Å². The van der Waals surface area contributed by atoms with Crippen LogP contribution in [0.4, 0.5) is 0 Å². The summed E-state index contributed by atoms with van der Waals surface area (Å²) in [5, 5.41) is 25.7. The van der Waals surface area contributed by atoms with Crippen molar-refractivity contribution in [1.82, 2.24) is 16.0 Å². The fraction of sp³-hybridized carbons (Fsp3) is 0.478. The number of carbonyl (C=O) groups is 6. The van der Waals surface area contributed by atoms with Gasteiger partial charge in [-0.15, -0.1) is 0 Å². The molecule has 13 heteroatoms. The number of carboxylic acid groups (broad SMARTS) is 2. The maximum absolute atomic E-state index is 12.9. The second-order valence-electron chi connectivity index (χ2n) is 8.77. The van der Waals surface area contributed by atoms with Crippen LogP contribution in [0.15, 0.2) is 30.3 Å². The first-order valence-electron chi connectivity index (χ1n) is 11.2. The van der Waals surface area contributed by atoms with Crippen molar-refractivity contribution < 1.29 is 39.0 Å². The smallest absolute Gasteiger partial charge is 0.326 e. The largest absolute Gasteiger partial charge is 0.481 e. The number of hydrogen-bond acceptors (Lipinski definition) is 7. The molecular weight excluding hydrogens is 474 g/mol. The molecule has 1 aromatic carbocycles. The van der Waals surface area contributed by atoms with Crippen molar-refractivity contribution in [1.29, 1.82) is 0 Å². The van der Waals surface area contributed by atoms with Crippen LogP contribution in [0.25, 0.3) is 0 Å². The van der Waals surface area contributed by atoms with Crippen molar-refractivity contribution in [3.05, 3.63) is 35.9 Å². The van der Waals surface area contributed by atoms with Gasteiger partial charge in [0, 0.05) is 19.3 Å². The fourth-order valence-corrected chi connectivity index (χ4v) is 3.08. The standard InChI is InChI=1S/C23H33N5O8/c1-23(2,28-19(32)14(24)8-10-17(25)29)22(36)27-15(9-11-18(30)31)20(33)26-16(21(34)35)12-13-6-4-3-5-7-13/h3-7,14-16H,8-12,24H2,1-2H3,(H2,25,29)(H,26,33)(H,27,36)(H,28,32)(H,30,31)(H,34,35)/t14-,15-,16-/m0/s1. The Kier molecular flexibility index (Phi) is 11.5. The molecule has 0 aliphatic heterocycles. The summed E-state index contributed by atoms with van der Waals surface area (Å²) in [5.74, 6) is -5.65. The highest BCUT2D eigenvalue weighted by molar-refractivity contribution is 5.96. The summed E-state index contributed by atoms with van der Waals surface area (Å²) in [6.07, 6.45) is -1.02. The molecule has 0 fully saturated rings. The molecule has 0 unspecified atom stereocenters. The lowest BCUT2D eigenvalue weighted by Crippen LogP contribution is -2.61. The molecule has 0 saturated heterocycles. The molecule has 0 radical (unpaired) electrons. The summed E-state index contributed by atoms with van der Waals surface area (Å²) in [6, 6.07) is 4.69. The van der Waals surface area contributed by atoms with Crippen molar-refractivity contribution in [2.45, 2.75) is 69.6 Å². The van der Waals surface area contributed by atoms with Gasteiger partial charge in [-0.1, -0.05) is 30.3 Å². The molecule has 4 amide bonds. The Morgan fingerprint density at radius 2 is 1.50 bits per heavy atom. The third kappa shape index (κ3) is 10.5. The van der Waals surface area contributed by atoms with E-state index in [1.165, 1.54) is 13.8 Å². The molecule has 36 heavy (non-hydrogen) atoms. The second-order valence-corrected chi connectivity index (χ2v) is 8.77. The highest BCUT2D eigenvalue weighted by atomic mass is 16.4. The number of carboxylic acids is 2. The van der Waals surface area contributed by atoms with Crippen molar-refractivity contribution in [2.24, 2.45) is 11.5 Å². The Hall–Kier alpha value is -4.00. The minimum atomic E-state index is -1.58. The van der Waals surface area contributed by atoms with Gasteiger partial charge >= 0.3 is 11.9 Å². The van der Waals surface area contributed by atoms with Gasteiger partial charge in [0.25, 0.3) is 0 Å².